The lowest BCUT2D eigenvalue weighted by Gasteiger charge is -2.19. The number of anilines is 2. The molecule has 0 aliphatic rings. The average Bonchev–Trinajstić information content (AvgIpc) is 2.74. The number of hydrogen-bond acceptors (Lipinski definition) is 6. The fourth-order valence-corrected chi connectivity index (χ4v) is 2.78. The number of rotatable bonds is 12. The van der Waals surface area contributed by atoms with Gasteiger partial charge in [0, 0.05) is 37.9 Å². The molecule has 0 radical (unpaired) electrons. The zero-order valence-electron chi connectivity index (χ0n) is 17.2. The summed E-state index contributed by atoms with van der Waals surface area (Å²) < 4.78 is 5.57. The summed E-state index contributed by atoms with van der Waals surface area (Å²) in [6.45, 7) is 1.46. The molecule has 2 aromatic rings. The molecule has 0 aromatic heterocycles. The molecule has 6 N–H and O–H groups in total. The Labute approximate surface area is 176 Å². The first-order valence-corrected chi connectivity index (χ1v) is 9.88. The predicted molar refractivity (Wildman–Crippen MR) is 117 cm³/mol. The van der Waals surface area contributed by atoms with Gasteiger partial charge in [-0.2, -0.15) is 0 Å². The first-order chi connectivity index (χ1) is 14.3. The van der Waals surface area contributed by atoms with Crippen LogP contribution in [0.25, 0.3) is 0 Å². The van der Waals surface area contributed by atoms with Crippen molar-refractivity contribution in [2.75, 3.05) is 30.8 Å². The van der Waals surface area contributed by atoms with Crippen LogP contribution < -0.4 is 21.7 Å². The SMILES string of the molecule is CN(CCC(=O)NCCCC(N)OCc1ccc(C(=O)O)cc1)c1ccc(N)cc1. The summed E-state index contributed by atoms with van der Waals surface area (Å²) in [6, 6.07) is 14.0. The van der Waals surface area contributed by atoms with Crippen LogP contribution in [0.1, 0.15) is 35.2 Å². The largest absolute Gasteiger partial charge is 0.478 e. The smallest absolute Gasteiger partial charge is 0.335 e. The van der Waals surface area contributed by atoms with Crippen molar-refractivity contribution >= 4 is 23.3 Å². The molecule has 0 aliphatic heterocycles. The Bertz CT molecular complexity index is 809. The molecule has 0 aliphatic carbocycles. The molecule has 0 heterocycles. The molecule has 8 nitrogen and oxygen atoms in total. The van der Waals surface area contributed by atoms with Crippen LogP contribution in [-0.2, 0) is 16.1 Å². The van der Waals surface area contributed by atoms with Crippen molar-refractivity contribution < 1.29 is 19.4 Å². The number of amides is 1. The molecule has 2 aromatic carbocycles. The fourth-order valence-electron chi connectivity index (χ4n) is 2.78. The van der Waals surface area contributed by atoms with Crippen LogP contribution >= 0.6 is 0 Å². The highest BCUT2D eigenvalue weighted by Crippen LogP contribution is 2.14. The second kappa shape index (κ2) is 11.8. The van der Waals surface area contributed by atoms with E-state index in [1.54, 1.807) is 12.1 Å². The molecule has 1 unspecified atom stereocenters. The maximum absolute atomic E-state index is 12.0. The number of hydrogen-bond donors (Lipinski definition) is 4. The minimum absolute atomic E-state index is 0.00898. The van der Waals surface area contributed by atoms with Gasteiger partial charge >= 0.3 is 5.97 Å². The number of carboxylic acid groups (broad SMARTS) is 1. The van der Waals surface area contributed by atoms with E-state index in [0.717, 1.165) is 11.3 Å². The Kier molecular flexibility index (Phi) is 9.11. The molecule has 1 amide bonds. The van der Waals surface area contributed by atoms with E-state index in [-0.39, 0.29) is 11.5 Å². The van der Waals surface area contributed by atoms with Crippen molar-refractivity contribution in [3.63, 3.8) is 0 Å². The van der Waals surface area contributed by atoms with Crippen molar-refractivity contribution in [2.45, 2.75) is 32.1 Å². The maximum Gasteiger partial charge on any atom is 0.335 e. The van der Waals surface area contributed by atoms with Crippen molar-refractivity contribution in [3.8, 4) is 0 Å². The van der Waals surface area contributed by atoms with Gasteiger partial charge in [-0.3, -0.25) is 4.79 Å². The summed E-state index contributed by atoms with van der Waals surface area (Å²) in [4.78, 5) is 24.8. The average molecular weight is 415 g/mol. The van der Waals surface area contributed by atoms with Crippen molar-refractivity contribution in [2.24, 2.45) is 5.73 Å². The van der Waals surface area contributed by atoms with Gasteiger partial charge in [-0.1, -0.05) is 12.1 Å². The van der Waals surface area contributed by atoms with Gasteiger partial charge in [-0.25, -0.2) is 4.79 Å². The normalized spacial score (nSPS) is 11.7. The van der Waals surface area contributed by atoms with E-state index in [2.05, 4.69) is 5.32 Å². The van der Waals surface area contributed by atoms with E-state index < -0.39 is 12.2 Å². The second-order valence-corrected chi connectivity index (χ2v) is 7.11. The first-order valence-electron chi connectivity index (χ1n) is 9.88. The third-order valence-electron chi connectivity index (χ3n) is 4.66. The molecule has 30 heavy (non-hydrogen) atoms. The number of nitrogens with two attached hydrogens (primary N) is 2. The van der Waals surface area contributed by atoms with Crippen LogP contribution in [-0.4, -0.2) is 43.3 Å². The van der Waals surface area contributed by atoms with E-state index in [1.807, 2.05) is 36.2 Å². The summed E-state index contributed by atoms with van der Waals surface area (Å²) >= 11 is 0. The lowest BCUT2D eigenvalue weighted by molar-refractivity contribution is -0.120. The summed E-state index contributed by atoms with van der Waals surface area (Å²) in [5.74, 6) is -0.969. The zero-order valence-corrected chi connectivity index (χ0v) is 17.2. The molecule has 0 saturated carbocycles. The standard InChI is InChI=1S/C22H30N4O4/c1-26(19-10-8-18(23)9-11-19)14-12-21(27)25-13-2-3-20(24)30-15-16-4-6-17(7-5-16)22(28)29/h4-11,20H,2-3,12-15,23-24H2,1H3,(H,25,27)(H,28,29). The summed E-state index contributed by atoms with van der Waals surface area (Å²) in [5.41, 5.74) is 14.4. The number of aromatic carboxylic acids is 1. The fraction of sp³-hybridized carbons (Fsp3) is 0.364. The number of nitrogens with zero attached hydrogens (tertiary/aromatic N) is 1. The van der Waals surface area contributed by atoms with Gasteiger partial charge in [0.2, 0.25) is 5.91 Å². The highest BCUT2D eigenvalue weighted by Gasteiger charge is 2.08. The Morgan fingerprint density at radius 2 is 1.80 bits per heavy atom. The van der Waals surface area contributed by atoms with Gasteiger partial charge in [0.1, 0.15) is 6.23 Å². The van der Waals surface area contributed by atoms with Crippen molar-refractivity contribution in [1.29, 1.82) is 0 Å². The molecule has 8 heteroatoms. The Morgan fingerprint density at radius 3 is 2.43 bits per heavy atom. The molecular weight excluding hydrogens is 384 g/mol. The highest BCUT2D eigenvalue weighted by molar-refractivity contribution is 5.87. The third kappa shape index (κ3) is 8.10. The topological polar surface area (TPSA) is 131 Å². The van der Waals surface area contributed by atoms with E-state index >= 15 is 0 Å². The molecule has 0 bridgehead atoms. The molecule has 0 spiro atoms. The number of carboxylic acids is 1. The van der Waals surface area contributed by atoms with E-state index in [0.29, 0.717) is 44.6 Å². The first kappa shape index (κ1) is 23.2. The van der Waals surface area contributed by atoms with E-state index in [4.69, 9.17) is 21.3 Å². The number of ether oxygens (including phenoxy) is 1. The van der Waals surface area contributed by atoms with Crippen LogP contribution in [0.4, 0.5) is 11.4 Å². The van der Waals surface area contributed by atoms with Crippen molar-refractivity contribution in [1.82, 2.24) is 5.32 Å². The van der Waals surface area contributed by atoms with Gasteiger partial charge in [0.05, 0.1) is 12.2 Å². The Morgan fingerprint density at radius 1 is 1.13 bits per heavy atom. The molecular formula is C22H30N4O4. The van der Waals surface area contributed by atoms with Gasteiger partial charge < -0.3 is 31.5 Å². The lowest BCUT2D eigenvalue weighted by atomic mass is 10.1. The van der Waals surface area contributed by atoms with Crippen LogP contribution in [0.5, 0.6) is 0 Å². The molecule has 0 saturated heterocycles. The summed E-state index contributed by atoms with van der Waals surface area (Å²) in [7, 11) is 1.93. The maximum atomic E-state index is 12.0. The number of nitrogen functional groups attached to an aromatic ring is 1. The van der Waals surface area contributed by atoms with E-state index in [9.17, 15) is 9.59 Å². The van der Waals surface area contributed by atoms with Crippen LogP contribution in [0.15, 0.2) is 48.5 Å². The minimum Gasteiger partial charge on any atom is -0.478 e. The molecule has 2 rings (SSSR count). The van der Waals surface area contributed by atoms with Gasteiger partial charge in [-0.15, -0.1) is 0 Å². The van der Waals surface area contributed by atoms with Gasteiger partial charge in [0.25, 0.3) is 0 Å². The lowest BCUT2D eigenvalue weighted by Crippen LogP contribution is -2.30. The monoisotopic (exact) mass is 414 g/mol. The van der Waals surface area contributed by atoms with E-state index in [1.165, 1.54) is 12.1 Å². The predicted octanol–water partition coefficient (Wildman–Crippen LogP) is 2.19. The zero-order chi connectivity index (χ0) is 21.9. The molecule has 1 atom stereocenters. The van der Waals surface area contributed by atoms with Gasteiger partial charge in [-0.05, 0) is 54.8 Å². The number of nitrogens with one attached hydrogen (secondary N) is 1. The quantitative estimate of drug-likeness (QED) is 0.238. The van der Waals surface area contributed by atoms with Crippen LogP contribution in [0.2, 0.25) is 0 Å². The van der Waals surface area contributed by atoms with Gasteiger partial charge in [0.15, 0.2) is 0 Å². The molecule has 0 fully saturated rings. The third-order valence-corrected chi connectivity index (χ3v) is 4.66. The summed E-state index contributed by atoms with van der Waals surface area (Å²) in [5, 5.41) is 11.8. The highest BCUT2D eigenvalue weighted by atomic mass is 16.5. The second-order valence-electron chi connectivity index (χ2n) is 7.11. The van der Waals surface area contributed by atoms with Crippen LogP contribution in [0.3, 0.4) is 0 Å². The summed E-state index contributed by atoms with van der Waals surface area (Å²) in [6.07, 6.45) is 1.27. The minimum atomic E-state index is -0.960. The van der Waals surface area contributed by atoms with Crippen molar-refractivity contribution in [3.05, 3.63) is 59.7 Å². The Hall–Kier alpha value is -3.10. The number of carbonyl (C=O) groups is 2. The number of benzene rings is 2. The number of carbonyl (C=O) groups excluding carboxylic acids is 1. The molecule has 162 valence electrons. The van der Waals surface area contributed by atoms with Crippen LogP contribution in [0, 0.1) is 0 Å². The Balaban J connectivity index is 1.56.